The minimum Gasteiger partial charge on any atom is -0.508 e. The molecule has 2 nitrogen and oxygen atoms in total. The molecule has 1 unspecified atom stereocenters. The molecule has 2 aromatic rings. The van der Waals surface area contributed by atoms with Crippen molar-refractivity contribution in [2.24, 2.45) is 11.8 Å². The van der Waals surface area contributed by atoms with Crippen LogP contribution in [-0.2, 0) is 6.54 Å². The second-order valence-corrected chi connectivity index (χ2v) is 5.64. The van der Waals surface area contributed by atoms with Crippen LogP contribution in [0.2, 0.25) is 0 Å². The van der Waals surface area contributed by atoms with Crippen LogP contribution in [0, 0.1) is 11.8 Å². The van der Waals surface area contributed by atoms with Crippen LogP contribution in [0.4, 0.5) is 0 Å². The summed E-state index contributed by atoms with van der Waals surface area (Å²) in [5.74, 6) is 1.69. The Morgan fingerprint density at radius 3 is 2.53 bits per heavy atom. The van der Waals surface area contributed by atoms with E-state index in [2.05, 4.69) is 38.2 Å². The maximum atomic E-state index is 10.0. The number of hydrogen-bond acceptors (Lipinski definition) is 2. The highest BCUT2D eigenvalue weighted by molar-refractivity contribution is 5.87. The maximum absolute atomic E-state index is 10.0. The van der Waals surface area contributed by atoms with E-state index in [0.717, 1.165) is 17.5 Å². The van der Waals surface area contributed by atoms with Crippen LogP contribution in [0.15, 0.2) is 36.4 Å². The fourth-order valence-corrected chi connectivity index (χ4v) is 2.17. The van der Waals surface area contributed by atoms with E-state index in [1.807, 2.05) is 18.2 Å². The molecule has 0 aliphatic carbocycles. The molecule has 2 rings (SSSR count). The van der Waals surface area contributed by atoms with Gasteiger partial charge in [0.1, 0.15) is 5.75 Å². The fourth-order valence-electron chi connectivity index (χ4n) is 2.17. The third-order valence-electron chi connectivity index (χ3n) is 3.92. The summed E-state index contributed by atoms with van der Waals surface area (Å²) < 4.78 is 0. The van der Waals surface area contributed by atoms with E-state index >= 15 is 0 Å². The lowest BCUT2D eigenvalue weighted by atomic mass is 9.98. The van der Waals surface area contributed by atoms with E-state index < -0.39 is 0 Å². The molecule has 19 heavy (non-hydrogen) atoms. The first-order valence-electron chi connectivity index (χ1n) is 7.00. The van der Waals surface area contributed by atoms with Crippen molar-refractivity contribution in [2.45, 2.75) is 27.3 Å². The zero-order chi connectivity index (χ0) is 13.8. The zero-order valence-electron chi connectivity index (χ0n) is 12.0. The number of phenols is 1. The SMILES string of the molecule is CC(C)C(C)CNCc1c(O)ccc2ccccc12. The number of fused-ring (bicyclic) bond motifs is 1. The monoisotopic (exact) mass is 257 g/mol. The normalized spacial score (nSPS) is 13.1. The van der Waals surface area contributed by atoms with Crippen LogP contribution in [-0.4, -0.2) is 11.7 Å². The molecule has 0 aliphatic rings. The number of hydrogen-bond donors (Lipinski definition) is 2. The lowest BCUT2D eigenvalue weighted by Crippen LogP contribution is -2.23. The highest BCUT2D eigenvalue weighted by Crippen LogP contribution is 2.26. The van der Waals surface area contributed by atoms with Gasteiger partial charge in [0.05, 0.1) is 0 Å². The van der Waals surface area contributed by atoms with Crippen LogP contribution in [0.1, 0.15) is 26.3 Å². The van der Waals surface area contributed by atoms with Gasteiger partial charge in [-0.3, -0.25) is 0 Å². The molecule has 0 aliphatic heterocycles. The summed E-state index contributed by atoms with van der Waals surface area (Å²) in [4.78, 5) is 0. The number of aromatic hydroxyl groups is 1. The van der Waals surface area contributed by atoms with Crippen LogP contribution in [0.3, 0.4) is 0 Å². The average Bonchev–Trinajstić information content (AvgIpc) is 2.41. The maximum Gasteiger partial charge on any atom is 0.120 e. The van der Waals surface area contributed by atoms with Gasteiger partial charge in [0.2, 0.25) is 0 Å². The largest absolute Gasteiger partial charge is 0.508 e. The Morgan fingerprint density at radius 1 is 1.05 bits per heavy atom. The quantitative estimate of drug-likeness (QED) is 0.850. The van der Waals surface area contributed by atoms with E-state index in [1.54, 1.807) is 6.07 Å². The molecule has 2 N–H and O–H groups in total. The zero-order valence-corrected chi connectivity index (χ0v) is 12.0. The average molecular weight is 257 g/mol. The van der Waals surface area contributed by atoms with Gasteiger partial charge in [-0.25, -0.2) is 0 Å². The Labute approximate surface area is 115 Å². The van der Waals surface area contributed by atoms with E-state index in [9.17, 15) is 5.11 Å². The van der Waals surface area contributed by atoms with E-state index in [1.165, 1.54) is 5.39 Å². The van der Waals surface area contributed by atoms with E-state index in [4.69, 9.17) is 0 Å². The van der Waals surface area contributed by atoms with Crippen molar-refractivity contribution in [1.29, 1.82) is 0 Å². The smallest absolute Gasteiger partial charge is 0.120 e. The fraction of sp³-hybridized carbons (Fsp3) is 0.412. The number of rotatable bonds is 5. The first-order chi connectivity index (χ1) is 9.09. The van der Waals surface area contributed by atoms with Crippen molar-refractivity contribution in [3.63, 3.8) is 0 Å². The Morgan fingerprint density at radius 2 is 1.79 bits per heavy atom. The van der Waals surface area contributed by atoms with Crippen molar-refractivity contribution in [1.82, 2.24) is 5.32 Å². The second-order valence-electron chi connectivity index (χ2n) is 5.64. The standard InChI is InChI=1S/C17H23NO/c1-12(2)13(3)10-18-11-16-15-7-5-4-6-14(15)8-9-17(16)19/h4-9,12-13,18-19H,10-11H2,1-3H3. The van der Waals surface area contributed by atoms with Gasteiger partial charge < -0.3 is 10.4 Å². The Hall–Kier alpha value is -1.54. The van der Waals surface area contributed by atoms with Crippen LogP contribution in [0.5, 0.6) is 5.75 Å². The Kier molecular flexibility index (Phi) is 4.43. The lowest BCUT2D eigenvalue weighted by molar-refractivity contribution is 0.390. The molecular weight excluding hydrogens is 234 g/mol. The molecule has 102 valence electrons. The van der Waals surface area contributed by atoms with Gasteiger partial charge in [0.25, 0.3) is 0 Å². The molecule has 0 saturated heterocycles. The highest BCUT2D eigenvalue weighted by atomic mass is 16.3. The summed E-state index contributed by atoms with van der Waals surface area (Å²) in [7, 11) is 0. The Balaban J connectivity index is 2.14. The van der Waals surface area contributed by atoms with Gasteiger partial charge in [0.15, 0.2) is 0 Å². The number of phenolic OH excluding ortho intramolecular Hbond substituents is 1. The van der Waals surface area contributed by atoms with E-state index in [-0.39, 0.29) is 0 Å². The minimum absolute atomic E-state index is 0.378. The van der Waals surface area contributed by atoms with Crippen LogP contribution < -0.4 is 5.32 Å². The second kappa shape index (κ2) is 6.07. The van der Waals surface area contributed by atoms with Crippen molar-refractivity contribution in [3.05, 3.63) is 42.0 Å². The molecular formula is C17H23NO. The summed E-state index contributed by atoms with van der Waals surface area (Å²) in [6.07, 6.45) is 0. The molecule has 2 heteroatoms. The summed E-state index contributed by atoms with van der Waals surface area (Å²) in [5.41, 5.74) is 0.994. The number of nitrogens with one attached hydrogen (secondary N) is 1. The summed E-state index contributed by atoms with van der Waals surface area (Å²) in [6.45, 7) is 8.41. The number of benzene rings is 2. The van der Waals surface area contributed by atoms with Crippen molar-refractivity contribution in [2.75, 3.05) is 6.54 Å². The predicted molar refractivity (Wildman–Crippen MR) is 81.3 cm³/mol. The molecule has 0 heterocycles. The molecule has 0 bridgehead atoms. The predicted octanol–water partition coefficient (Wildman–Crippen LogP) is 3.93. The highest BCUT2D eigenvalue weighted by Gasteiger charge is 2.09. The third kappa shape index (κ3) is 3.27. The van der Waals surface area contributed by atoms with E-state index in [0.29, 0.717) is 24.1 Å². The van der Waals surface area contributed by atoms with Crippen LogP contribution >= 0.6 is 0 Å². The van der Waals surface area contributed by atoms with Gasteiger partial charge in [0, 0.05) is 12.1 Å². The lowest BCUT2D eigenvalue weighted by Gasteiger charge is -2.17. The first-order valence-corrected chi connectivity index (χ1v) is 7.00. The van der Waals surface area contributed by atoms with Gasteiger partial charge in [-0.2, -0.15) is 0 Å². The van der Waals surface area contributed by atoms with Gasteiger partial charge in [-0.15, -0.1) is 0 Å². The summed E-state index contributed by atoms with van der Waals surface area (Å²) in [6, 6.07) is 11.9. The van der Waals surface area contributed by atoms with Crippen molar-refractivity contribution in [3.8, 4) is 5.75 Å². The van der Waals surface area contributed by atoms with Crippen LogP contribution in [0.25, 0.3) is 10.8 Å². The van der Waals surface area contributed by atoms with Crippen molar-refractivity contribution < 1.29 is 5.11 Å². The van der Waals surface area contributed by atoms with Crippen molar-refractivity contribution >= 4 is 10.8 Å². The molecule has 0 spiro atoms. The van der Waals surface area contributed by atoms with Gasteiger partial charge in [-0.05, 0) is 35.2 Å². The first kappa shape index (κ1) is 13.9. The molecule has 0 fully saturated rings. The van der Waals surface area contributed by atoms with Gasteiger partial charge in [-0.1, -0.05) is 51.1 Å². The Bertz CT molecular complexity index is 548. The molecule has 2 aromatic carbocycles. The third-order valence-corrected chi connectivity index (χ3v) is 3.92. The molecule has 0 amide bonds. The molecule has 0 radical (unpaired) electrons. The molecule has 0 aromatic heterocycles. The summed E-state index contributed by atoms with van der Waals surface area (Å²) in [5, 5.41) is 15.8. The molecule has 1 atom stereocenters. The van der Waals surface area contributed by atoms with Gasteiger partial charge >= 0.3 is 0 Å². The summed E-state index contributed by atoms with van der Waals surface area (Å²) >= 11 is 0. The molecule has 0 saturated carbocycles. The minimum atomic E-state index is 0.378. The topological polar surface area (TPSA) is 32.3 Å².